The normalized spacial score (nSPS) is 24.3. The third-order valence-corrected chi connectivity index (χ3v) is 3.44. The lowest BCUT2D eigenvalue weighted by Gasteiger charge is -2.36. The molecule has 1 unspecified atom stereocenters. The van der Waals surface area contributed by atoms with Crippen molar-refractivity contribution in [2.45, 2.75) is 45.6 Å². The van der Waals surface area contributed by atoms with Gasteiger partial charge in [-0.25, -0.2) is 0 Å². The van der Waals surface area contributed by atoms with Crippen molar-refractivity contribution in [2.24, 2.45) is 0 Å². The standard InChI is InChI=1S/C13H20N2O3/c1-4-10-11(9(2)18-14-10)12(16)15-7-5-6-13(3,17)8-15/h17H,4-8H2,1-3H3. The molecular formula is C13H20N2O3. The predicted molar refractivity (Wildman–Crippen MR) is 66.4 cm³/mol. The first-order chi connectivity index (χ1) is 8.44. The van der Waals surface area contributed by atoms with Crippen molar-refractivity contribution in [1.29, 1.82) is 0 Å². The van der Waals surface area contributed by atoms with Gasteiger partial charge in [0.25, 0.3) is 5.91 Å². The van der Waals surface area contributed by atoms with Crippen LogP contribution in [0.5, 0.6) is 0 Å². The first kappa shape index (κ1) is 13.1. The molecule has 0 aliphatic carbocycles. The molecule has 1 saturated heterocycles. The summed E-state index contributed by atoms with van der Waals surface area (Å²) in [5.74, 6) is 0.479. The Morgan fingerprint density at radius 3 is 2.94 bits per heavy atom. The Balaban J connectivity index is 2.23. The molecule has 0 bridgehead atoms. The van der Waals surface area contributed by atoms with Crippen molar-refractivity contribution in [3.63, 3.8) is 0 Å². The van der Waals surface area contributed by atoms with E-state index in [0.717, 1.165) is 12.8 Å². The molecule has 5 nitrogen and oxygen atoms in total. The van der Waals surface area contributed by atoms with Gasteiger partial charge in [-0.2, -0.15) is 0 Å². The van der Waals surface area contributed by atoms with Gasteiger partial charge in [-0.15, -0.1) is 0 Å². The average Bonchev–Trinajstić information content (AvgIpc) is 2.68. The maximum atomic E-state index is 12.5. The highest BCUT2D eigenvalue weighted by molar-refractivity contribution is 5.96. The van der Waals surface area contributed by atoms with Crippen molar-refractivity contribution >= 4 is 5.91 Å². The summed E-state index contributed by atoms with van der Waals surface area (Å²) in [6, 6.07) is 0. The van der Waals surface area contributed by atoms with Crippen LogP contribution in [0, 0.1) is 6.92 Å². The van der Waals surface area contributed by atoms with Gasteiger partial charge in [0.2, 0.25) is 0 Å². The number of β-amino-alcohol motifs (C(OH)–C–C–N with tert-alkyl or cyclic N) is 1. The van der Waals surface area contributed by atoms with Gasteiger partial charge in [-0.05, 0) is 33.1 Å². The molecule has 1 aromatic heterocycles. The van der Waals surface area contributed by atoms with Crippen molar-refractivity contribution in [1.82, 2.24) is 10.1 Å². The molecule has 0 spiro atoms. The van der Waals surface area contributed by atoms with Crippen LogP contribution in [0.3, 0.4) is 0 Å². The highest BCUT2D eigenvalue weighted by Gasteiger charge is 2.33. The number of carbonyl (C=O) groups excluding carboxylic acids is 1. The molecule has 1 aromatic rings. The zero-order valence-electron chi connectivity index (χ0n) is 11.2. The summed E-state index contributed by atoms with van der Waals surface area (Å²) in [6.07, 6.45) is 2.23. The molecule has 1 fully saturated rings. The van der Waals surface area contributed by atoms with Crippen LogP contribution < -0.4 is 0 Å². The summed E-state index contributed by atoms with van der Waals surface area (Å²) in [7, 11) is 0. The molecule has 18 heavy (non-hydrogen) atoms. The van der Waals surface area contributed by atoms with Crippen LogP contribution in [0.25, 0.3) is 0 Å². The number of aromatic nitrogens is 1. The molecule has 1 aliphatic rings. The topological polar surface area (TPSA) is 66.6 Å². The summed E-state index contributed by atoms with van der Waals surface area (Å²) < 4.78 is 5.09. The Morgan fingerprint density at radius 1 is 1.61 bits per heavy atom. The van der Waals surface area contributed by atoms with Crippen LogP contribution in [0.4, 0.5) is 0 Å². The molecule has 1 amide bonds. The quantitative estimate of drug-likeness (QED) is 0.867. The van der Waals surface area contributed by atoms with Crippen LogP contribution in [-0.2, 0) is 6.42 Å². The lowest BCUT2D eigenvalue weighted by molar-refractivity contribution is -0.0108. The summed E-state index contributed by atoms with van der Waals surface area (Å²) in [6.45, 7) is 6.53. The number of piperidine rings is 1. The molecule has 1 aliphatic heterocycles. The summed E-state index contributed by atoms with van der Waals surface area (Å²) in [4.78, 5) is 14.2. The van der Waals surface area contributed by atoms with Crippen molar-refractivity contribution in [2.75, 3.05) is 13.1 Å². The zero-order valence-corrected chi connectivity index (χ0v) is 11.2. The zero-order chi connectivity index (χ0) is 13.3. The molecule has 2 rings (SSSR count). The van der Waals surface area contributed by atoms with Crippen LogP contribution in [-0.4, -0.2) is 39.8 Å². The molecule has 5 heteroatoms. The van der Waals surface area contributed by atoms with E-state index in [1.807, 2.05) is 6.92 Å². The fraction of sp³-hybridized carbons (Fsp3) is 0.692. The van der Waals surface area contributed by atoms with Crippen LogP contribution in [0.15, 0.2) is 4.52 Å². The summed E-state index contributed by atoms with van der Waals surface area (Å²) in [5, 5.41) is 14.0. The van der Waals surface area contributed by atoms with Gasteiger partial charge in [0.15, 0.2) is 0 Å². The van der Waals surface area contributed by atoms with Crippen LogP contribution in [0.2, 0.25) is 0 Å². The van der Waals surface area contributed by atoms with E-state index in [4.69, 9.17) is 4.52 Å². The van der Waals surface area contributed by atoms with E-state index in [-0.39, 0.29) is 5.91 Å². The Bertz CT molecular complexity index is 451. The number of aryl methyl sites for hydroxylation is 2. The maximum Gasteiger partial charge on any atom is 0.259 e. The summed E-state index contributed by atoms with van der Waals surface area (Å²) in [5.41, 5.74) is 0.476. The smallest absolute Gasteiger partial charge is 0.259 e. The number of carbonyl (C=O) groups is 1. The number of hydrogen-bond donors (Lipinski definition) is 1. The van der Waals surface area contributed by atoms with Gasteiger partial charge in [-0.3, -0.25) is 4.79 Å². The lowest BCUT2D eigenvalue weighted by Crippen LogP contribution is -2.48. The number of hydrogen-bond acceptors (Lipinski definition) is 4. The van der Waals surface area contributed by atoms with E-state index in [9.17, 15) is 9.90 Å². The Labute approximate surface area is 107 Å². The van der Waals surface area contributed by atoms with E-state index < -0.39 is 5.60 Å². The molecule has 1 N–H and O–H groups in total. The fourth-order valence-electron chi connectivity index (χ4n) is 2.48. The largest absolute Gasteiger partial charge is 0.388 e. The molecule has 1 atom stereocenters. The van der Waals surface area contributed by atoms with E-state index in [2.05, 4.69) is 5.16 Å². The van der Waals surface area contributed by atoms with Crippen LogP contribution in [0.1, 0.15) is 48.5 Å². The van der Waals surface area contributed by atoms with Gasteiger partial charge in [0.05, 0.1) is 11.3 Å². The van der Waals surface area contributed by atoms with E-state index in [1.54, 1.807) is 18.7 Å². The Hall–Kier alpha value is -1.36. The SMILES string of the molecule is CCc1noc(C)c1C(=O)N1CCCC(C)(O)C1. The number of amides is 1. The van der Waals surface area contributed by atoms with Gasteiger partial charge in [0, 0.05) is 13.1 Å². The second-order valence-electron chi connectivity index (χ2n) is 5.24. The molecule has 100 valence electrons. The summed E-state index contributed by atoms with van der Waals surface area (Å²) >= 11 is 0. The first-order valence-corrected chi connectivity index (χ1v) is 6.41. The number of aliphatic hydroxyl groups is 1. The highest BCUT2D eigenvalue weighted by atomic mass is 16.5. The van der Waals surface area contributed by atoms with Crippen molar-refractivity contribution < 1.29 is 14.4 Å². The number of nitrogens with zero attached hydrogens (tertiary/aromatic N) is 2. The molecular weight excluding hydrogens is 232 g/mol. The van der Waals surface area contributed by atoms with Gasteiger partial charge < -0.3 is 14.5 Å². The molecule has 2 heterocycles. The minimum Gasteiger partial charge on any atom is -0.388 e. The van der Waals surface area contributed by atoms with E-state index in [0.29, 0.717) is 36.5 Å². The van der Waals surface area contributed by atoms with Crippen molar-refractivity contribution in [3.8, 4) is 0 Å². The first-order valence-electron chi connectivity index (χ1n) is 6.41. The fourth-order valence-corrected chi connectivity index (χ4v) is 2.48. The monoisotopic (exact) mass is 252 g/mol. The highest BCUT2D eigenvalue weighted by Crippen LogP contribution is 2.24. The second kappa shape index (κ2) is 4.72. The second-order valence-corrected chi connectivity index (χ2v) is 5.24. The number of rotatable bonds is 2. The lowest BCUT2D eigenvalue weighted by atomic mass is 9.94. The van der Waals surface area contributed by atoms with Crippen molar-refractivity contribution in [3.05, 3.63) is 17.0 Å². The van der Waals surface area contributed by atoms with Gasteiger partial charge >= 0.3 is 0 Å². The number of likely N-dealkylation sites (tertiary alicyclic amines) is 1. The maximum absolute atomic E-state index is 12.5. The third-order valence-electron chi connectivity index (χ3n) is 3.44. The molecule has 0 aromatic carbocycles. The average molecular weight is 252 g/mol. The third kappa shape index (κ3) is 2.41. The minimum absolute atomic E-state index is 0.0782. The molecule has 0 radical (unpaired) electrons. The van der Waals surface area contributed by atoms with E-state index >= 15 is 0 Å². The van der Waals surface area contributed by atoms with Gasteiger partial charge in [-0.1, -0.05) is 12.1 Å². The molecule has 0 saturated carbocycles. The van der Waals surface area contributed by atoms with Gasteiger partial charge in [0.1, 0.15) is 11.3 Å². The Morgan fingerprint density at radius 2 is 2.33 bits per heavy atom. The van der Waals surface area contributed by atoms with Crippen LogP contribution >= 0.6 is 0 Å². The predicted octanol–water partition coefficient (Wildman–Crippen LogP) is 1.53. The minimum atomic E-state index is -0.786. The Kier molecular flexibility index (Phi) is 3.43. The van der Waals surface area contributed by atoms with E-state index in [1.165, 1.54) is 0 Å².